The number of aliphatic hydroxyl groups is 3. The molecule has 0 aromatic carbocycles. The Morgan fingerprint density at radius 3 is 2.79 bits per heavy atom. The minimum Gasteiger partial charge on any atom is -0.393 e. The van der Waals surface area contributed by atoms with E-state index in [4.69, 9.17) is 15.6 Å². The first kappa shape index (κ1) is 13.9. The molecule has 5 N–H and O–H groups in total. The van der Waals surface area contributed by atoms with Crippen molar-refractivity contribution < 1.29 is 24.4 Å². The van der Waals surface area contributed by atoms with E-state index in [9.17, 15) is 19.4 Å². The van der Waals surface area contributed by atoms with Gasteiger partial charge in [-0.3, -0.25) is 4.57 Å². The molecule has 0 aliphatic carbocycles. The van der Waals surface area contributed by atoms with Gasteiger partial charge in [-0.1, -0.05) is 0 Å². The van der Waals surface area contributed by atoms with Gasteiger partial charge in [0, 0.05) is 12.6 Å². The van der Waals surface area contributed by atoms with E-state index in [1.54, 1.807) is 0 Å². The minimum absolute atomic E-state index is 0.00239. The molecule has 0 unspecified atom stereocenters. The number of rotatable bonds is 3. The van der Waals surface area contributed by atoms with Crippen molar-refractivity contribution in [3.63, 3.8) is 0 Å². The number of aliphatic hydroxyl groups excluding tert-OH is 1. The first-order valence-electron chi connectivity index (χ1n) is 5.49. The molecule has 1 saturated heterocycles. The van der Waals surface area contributed by atoms with Gasteiger partial charge in [-0.05, 0) is 6.07 Å². The lowest BCUT2D eigenvalue weighted by atomic mass is 9.95. The number of nitrogens with two attached hydrogens (primary N) is 1. The fourth-order valence-electron chi connectivity index (χ4n) is 1.97. The number of ether oxygens (including phenoxy) is 1. The van der Waals surface area contributed by atoms with Gasteiger partial charge < -0.3 is 25.8 Å². The van der Waals surface area contributed by atoms with Crippen LogP contribution in [0.5, 0.6) is 0 Å². The Labute approximate surface area is 106 Å². The van der Waals surface area contributed by atoms with Gasteiger partial charge in [0.2, 0.25) is 5.79 Å². The summed E-state index contributed by atoms with van der Waals surface area (Å²) < 4.78 is 19.1. The SMILES string of the molecule is Nc1ccn([C@H]2CC(O)(O)[C@](CO)(CF)O2)c(=O)n1. The molecule has 19 heavy (non-hydrogen) atoms. The zero-order valence-electron chi connectivity index (χ0n) is 9.86. The maximum atomic E-state index is 13.0. The van der Waals surface area contributed by atoms with E-state index in [1.165, 1.54) is 12.3 Å². The molecular weight excluding hydrogens is 261 g/mol. The Kier molecular flexibility index (Phi) is 3.31. The van der Waals surface area contributed by atoms with Gasteiger partial charge in [-0.2, -0.15) is 4.98 Å². The van der Waals surface area contributed by atoms with Crippen LogP contribution in [0.1, 0.15) is 12.6 Å². The lowest BCUT2D eigenvalue weighted by molar-refractivity contribution is -0.262. The highest BCUT2D eigenvalue weighted by molar-refractivity contribution is 5.23. The van der Waals surface area contributed by atoms with Crippen molar-refractivity contribution in [2.75, 3.05) is 19.0 Å². The third-order valence-electron chi connectivity index (χ3n) is 3.18. The lowest BCUT2D eigenvalue weighted by Gasteiger charge is -2.32. The highest BCUT2D eigenvalue weighted by Crippen LogP contribution is 2.42. The average molecular weight is 275 g/mol. The molecule has 1 aliphatic rings. The molecule has 2 rings (SSSR count). The Hall–Kier alpha value is -1.55. The number of anilines is 1. The summed E-state index contributed by atoms with van der Waals surface area (Å²) in [5, 5.41) is 28.6. The molecule has 2 atom stereocenters. The molecule has 2 heterocycles. The van der Waals surface area contributed by atoms with Crippen molar-refractivity contribution in [2.45, 2.75) is 24.0 Å². The Bertz CT molecular complexity index is 528. The summed E-state index contributed by atoms with van der Waals surface area (Å²) in [6.07, 6.45) is -0.390. The molecule has 1 aromatic rings. The Balaban J connectivity index is 2.37. The van der Waals surface area contributed by atoms with E-state index in [1.807, 2.05) is 0 Å². The van der Waals surface area contributed by atoms with Gasteiger partial charge in [0.05, 0.1) is 6.61 Å². The summed E-state index contributed by atoms with van der Waals surface area (Å²) in [5.74, 6) is -2.60. The normalized spacial score (nSPS) is 29.6. The van der Waals surface area contributed by atoms with Gasteiger partial charge in [0.25, 0.3) is 0 Å². The van der Waals surface area contributed by atoms with E-state index in [-0.39, 0.29) is 5.82 Å². The predicted octanol–water partition coefficient (Wildman–Crippen LogP) is -1.87. The van der Waals surface area contributed by atoms with Crippen molar-refractivity contribution in [1.82, 2.24) is 9.55 Å². The maximum absolute atomic E-state index is 13.0. The number of halogens is 1. The number of nitrogen functional groups attached to an aromatic ring is 1. The van der Waals surface area contributed by atoms with Crippen LogP contribution in [0.25, 0.3) is 0 Å². The van der Waals surface area contributed by atoms with E-state index >= 15 is 0 Å². The van der Waals surface area contributed by atoms with Gasteiger partial charge in [0.15, 0.2) is 5.60 Å². The lowest BCUT2D eigenvalue weighted by Crippen LogP contribution is -2.55. The second kappa shape index (κ2) is 4.53. The summed E-state index contributed by atoms with van der Waals surface area (Å²) in [6, 6.07) is 1.32. The molecule has 0 spiro atoms. The van der Waals surface area contributed by atoms with Crippen LogP contribution < -0.4 is 11.4 Å². The monoisotopic (exact) mass is 275 g/mol. The van der Waals surface area contributed by atoms with Crippen LogP contribution >= 0.6 is 0 Å². The molecule has 0 bridgehead atoms. The van der Waals surface area contributed by atoms with E-state index in [0.717, 1.165) is 4.57 Å². The molecule has 0 saturated carbocycles. The van der Waals surface area contributed by atoms with Crippen molar-refractivity contribution in [2.24, 2.45) is 0 Å². The summed E-state index contributed by atoms with van der Waals surface area (Å²) >= 11 is 0. The van der Waals surface area contributed by atoms with Gasteiger partial charge in [0.1, 0.15) is 18.7 Å². The molecule has 0 radical (unpaired) electrons. The molecule has 1 aromatic heterocycles. The second-order valence-electron chi connectivity index (χ2n) is 4.42. The average Bonchev–Trinajstić information content (AvgIpc) is 2.60. The summed E-state index contributed by atoms with van der Waals surface area (Å²) in [5.41, 5.74) is 2.37. The molecule has 8 nitrogen and oxygen atoms in total. The molecular formula is C10H14FN3O5. The molecule has 0 amide bonds. The third kappa shape index (κ3) is 2.10. The van der Waals surface area contributed by atoms with Crippen molar-refractivity contribution in [3.05, 3.63) is 22.7 Å². The van der Waals surface area contributed by atoms with Crippen LogP contribution in [0, 0.1) is 0 Å². The van der Waals surface area contributed by atoms with Crippen LogP contribution in [-0.4, -0.2) is 49.5 Å². The van der Waals surface area contributed by atoms with Crippen LogP contribution in [0.2, 0.25) is 0 Å². The highest BCUT2D eigenvalue weighted by atomic mass is 19.1. The standard InChI is InChI=1S/C10H14FN3O5/c11-4-9(5-15)10(17,18)3-7(19-9)14-2-1-6(12)13-8(14)16/h1-2,7,15,17-18H,3-5H2,(H2,12,13,16)/t7-,9-/m1/s1. The first-order chi connectivity index (χ1) is 8.85. The number of hydrogen-bond acceptors (Lipinski definition) is 7. The number of alkyl halides is 1. The number of hydrogen-bond donors (Lipinski definition) is 4. The second-order valence-corrected chi connectivity index (χ2v) is 4.42. The summed E-state index contributed by atoms with van der Waals surface area (Å²) in [4.78, 5) is 15.0. The molecule has 1 aliphatic heterocycles. The van der Waals surface area contributed by atoms with Crippen LogP contribution in [-0.2, 0) is 4.74 Å². The van der Waals surface area contributed by atoms with Gasteiger partial charge >= 0.3 is 5.69 Å². The maximum Gasteiger partial charge on any atom is 0.351 e. The fraction of sp³-hybridized carbons (Fsp3) is 0.600. The van der Waals surface area contributed by atoms with Crippen molar-refractivity contribution >= 4 is 5.82 Å². The molecule has 9 heteroatoms. The van der Waals surface area contributed by atoms with Gasteiger partial charge in [-0.15, -0.1) is 0 Å². The number of nitrogens with zero attached hydrogens (tertiary/aromatic N) is 2. The van der Waals surface area contributed by atoms with E-state index in [2.05, 4.69) is 4.98 Å². The minimum atomic E-state index is -2.60. The Morgan fingerprint density at radius 2 is 2.32 bits per heavy atom. The van der Waals surface area contributed by atoms with Gasteiger partial charge in [-0.25, -0.2) is 9.18 Å². The smallest absolute Gasteiger partial charge is 0.351 e. The fourth-order valence-corrected chi connectivity index (χ4v) is 1.97. The van der Waals surface area contributed by atoms with Crippen LogP contribution in [0.3, 0.4) is 0 Å². The van der Waals surface area contributed by atoms with Crippen molar-refractivity contribution in [3.8, 4) is 0 Å². The highest BCUT2D eigenvalue weighted by Gasteiger charge is 2.59. The van der Waals surface area contributed by atoms with E-state index in [0.29, 0.717) is 0 Å². The first-order valence-corrected chi connectivity index (χ1v) is 5.49. The topological polar surface area (TPSA) is 131 Å². The third-order valence-corrected chi connectivity index (χ3v) is 3.18. The Morgan fingerprint density at radius 1 is 1.63 bits per heavy atom. The predicted molar refractivity (Wildman–Crippen MR) is 60.6 cm³/mol. The van der Waals surface area contributed by atoms with Crippen LogP contribution in [0.4, 0.5) is 10.2 Å². The van der Waals surface area contributed by atoms with Crippen LogP contribution in [0.15, 0.2) is 17.1 Å². The summed E-state index contributed by atoms with van der Waals surface area (Å²) in [6.45, 7) is -2.26. The quantitative estimate of drug-likeness (QED) is 0.475. The van der Waals surface area contributed by atoms with E-state index < -0.39 is 43.0 Å². The zero-order chi connectivity index (χ0) is 14.3. The zero-order valence-corrected chi connectivity index (χ0v) is 9.86. The number of aromatic nitrogens is 2. The largest absolute Gasteiger partial charge is 0.393 e. The molecule has 1 fully saturated rings. The summed E-state index contributed by atoms with van der Waals surface area (Å²) in [7, 11) is 0. The van der Waals surface area contributed by atoms with Crippen molar-refractivity contribution in [1.29, 1.82) is 0 Å². The molecule has 106 valence electrons.